The Morgan fingerprint density at radius 3 is 1.91 bits per heavy atom. The molecule has 0 saturated carbocycles. The third-order valence-corrected chi connectivity index (χ3v) is 3.74. The first-order valence-corrected chi connectivity index (χ1v) is 6.82. The molecular formula is C17H13NO4. The molecule has 0 saturated heterocycles. The highest BCUT2D eigenvalue weighted by Gasteiger charge is 2.38. The molecule has 1 atom stereocenters. The number of fused-ring (bicyclic) bond motifs is 1. The van der Waals surface area contributed by atoms with Crippen LogP contribution in [0.4, 0.5) is 0 Å². The zero-order valence-electron chi connectivity index (χ0n) is 11.6. The summed E-state index contributed by atoms with van der Waals surface area (Å²) in [5.74, 6) is -2.89. The fraction of sp³-hybridized carbons (Fsp3) is 0.118. The van der Waals surface area contributed by atoms with E-state index in [-0.39, 0.29) is 6.54 Å². The number of hydrogen-bond donors (Lipinski definition) is 1. The summed E-state index contributed by atoms with van der Waals surface area (Å²) in [6.45, 7) is -0.175. The summed E-state index contributed by atoms with van der Waals surface area (Å²) in [5.41, 5.74) is 1.21. The molecule has 0 spiro atoms. The molecule has 22 heavy (non-hydrogen) atoms. The van der Waals surface area contributed by atoms with Crippen LogP contribution in [0.5, 0.6) is 0 Å². The van der Waals surface area contributed by atoms with E-state index in [9.17, 15) is 19.5 Å². The molecule has 0 aliphatic carbocycles. The van der Waals surface area contributed by atoms with Crippen molar-refractivity contribution in [3.05, 3.63) is 71.3 Å². The summed E-state index contributed by atoms with van der Waals surface area (Å²) in [7, 11) is 0. The van der Waals surface area contributed by atoms with Crippen LogP contribution in [-0.4, -0.2) is 34.3 Å². The highest BCUT2D eigenvalue weighted by Crippen LogP contribution is 2.26. The molecule has 2 amide bonds. The van der Waals surface area contributed by atoms with Crippen LogP contribution in [0, 0.1) is 0 Å². The van der Waals surface area contributed by atoms with Crippen LogP contribution in [0.25, 0.3) is 0 Å². The van der Waals surface area contributed by atoms with E-state index in [4.69, 9.17) is 0 Å². The van der Waals surface area contributed by atoms with E-state index in [1.165, 1.54) is 0 Å². The molecule has 1 aliphatic heterocycles. The predicted octanol–water partition coefficient (Wildman–Crippen LogP) is 2.15. The van der Waals surface area contributed by atoms with Crippen LogP contribution in [0.1, 0.15) is 32.2 Å². The van der Waals surface area contributed by atoms with Crippen molar-refractivity contribution in [2.24, 2.45) is 0 Å². The highest BCUT2D eigenvalue weighted by atomic mass is 16.4. The number of nitrogens with zero attached hydrogens (tertiary/aromatic N) is 1. The zero-order valence-corrected chi connectivity index (χ0v) is 11.6. The molecule has 0 aromatic heterocycles. The number of hydrogen-bond acceptors (Lipinski definition) is 3. The van der Waals surface area contributed by atoms with Crippen LogP contribution in [0.3, 0.4) is 0 Å². The number of carboxylic acids is 1. The Kier molecular flexibility index (Phi) is 3.47. The van der Waals surface area contributed by atoms with Gasteiger partial charge in [-0.1, -0.05) is 42.5 Å². The summed E-state index contributed by atoms with van der Waals surface area (Å²) in [4.78, 5) is 37.2. The fourth-order valence-electron chi connectivity index (χ4n) is 2.60. The first-order valence-electron chi connectivity index (χ1n) is 6.82. The standard InChI is InChI=1S/C17H13NO4/c19-15-12-8-4-5-9-13(12)16(20)18(15)10-14(17(21)22)11-6-2-1-3-7-11/h1-9,14H,10H2,(H,21,22). The Bertz CT molecular complexity index is 719. The first kappa shape index (κ1) is 14.0. The lowest BCUT2D eigenvalue weighted by Crippen LogP contribution is -2.36. The van der Waals surface area contributed by atoms with Gasteiger partial charge in [0.1, 0.15) is 0 Å². The monoisotopic (exact) mass is 295 g/mol. The van der Waals surface area contributed by atoms with Crippen molar-refractivity contribution in [1.82, 2.24) is 4.90 Å². The van der Waals surface area contributed by atoms with Gasteiger partial charge in [0.25, 0.3) is 11.8 Å². The van der Waals surface area contributed by atoms with Gasteiger partial charge in [-0.15, -0.1) is 0 Å². The van der Waals surface area contributed by atoms with Gasteiger partial charge in [0.2, 0.25) is 0 Å². The van der Waals surface area contributed by atoms with Crippen molar-refractivity contribution in [3.8, 4) is 0 Å². The van der Waals surface area contributed by atoms with Gasteiger partial charge in [-0.25, -0.2) is 0 Å². The Labute approximate surface area is 126 Å². The molecule has 1 N–H and O–H groups in total. The predicted molar refractivity (Wildman–Crippen MR) is 78.6 cm³/mol. The van der Waals surface area contributed by atoms with Crippen LogP contribution < -0.4 is 0 Å². The Morgan fingerprint density at radius 2 is 1.41 bits per heavy atom. The van der Waals surface area contributed by atoms with Gasteiger partial charge in [0.05, 0.1) is 17.0 Å². The molecule has 0 fully saturated rings. The summed E-state index contributed by atoms with van der Waals surface area (Å²) >= 11 is 0. The molecule has 5 heteroatoms. The minimum atomic E-state index is -1.07. The van der Waals surface area contributed by atoms with Crippen molar-refractivity contribution in [2.45, 2.75) is 5.92 Å². The number of carbonyl (C=O) groups excluding carboxylic acids is 2. The van der Waals surface area contributed by atoms with Gasteiger partial charge in [-0.05, 0) is 17.7 Å². The average molecular weight is 295 g/mol. The van der Waals surface area contributed by atoms with E-state index in [1.807, 2.05) is 0 Å². The number of aliphatic carboxylic acids is 1. The number of imide groups is 1. The zero-order chi connectivity index (χ0) is 15.7. The van der Waals surface area contributed by atoms with Crippen LogP contribution >= 0.6 is 0 Å². The third-order valence-electron chi connectivity index (χ3n) is 3.74. The maximum Gasteiger partial charge on any atom is 0.312 e. The quantitative estimate of drug-likeness (QED) is 0.877. The maximum absolute atomic E-state index is 12.3. The topological polar surface area (TPSA) is 74.7 Å². The molecule has 1 unspecified atom stereocenters. The van der Waals surface area contributed by atoms with E-state index in [0.717, 1.165) is 4.90 Å². The molecule has 110 valence electrons. The average Bonchev–Trinajstić information content (AvgIpc) is 2.78. The van der Waals surface area contributed by atoms with E-state index in [0.29, 0.717) is 16.7 Å². The lowest BCUT2D eigenvalue weighted by molar-refractivity contribution is -0.138. The molecule has 1 heterocycles. The van der Waals surface area contributed by atoms with Gasteiger partial charge < -0.3 is 5.11 Å². The van der Waals surface area contributed by atoms with Gasteiger partial charge in [-0.2, -0.15) is 0 Å². The molecule has 5 nitrogen and oxygen atoms in total. The SMILES string of the molecule is O=C(O)C(CN1C(=O)c2ccccc2C1=O)c1ccccc1. The minimum absolute atomic E-state index is 0.175. The molecule has 0 bridgehead atoms. The Morgan fingerprint density at radius 1 is 0.909 bits per heavy atom. The van der Waals surface area contributed by atoms with Crippen molar-refractivity contribution in [1.29, 1.82) is 0 Å². The van der Waals surface area contributed by atoms with Crippen molar-refractivity contribution >= 4 is 17.8 Å². The van der Waals surface area contributed by atoms with Crippen molar-refractivity contribution in [3.63, 3.8) is 0 Å². The number of carbonyl (C=O) groups is 3. The highest BCUT2D eigenvalue weighted by molar-refractivity contribution is 6.21. The number of carboxylic acid groups (broad SMARTS) is 1. The summed E-state index contributed by atoms with van der Waals surface area (Å²) < 4.78 is 0. The smallest absolute Gasteiger partial charge is 0.312 e. The molecule has 3 rings (SSSR count). The second-order valence-corrected chi connectivity index (χ2v) is 5.07. The second-order valence-electron chi connectivity index (χ2n) is 5.07. The maximum atomic E-state index is 12.3. The lowest BCUT2D eigenvalue weighted by atomic mass is 9.99. The van der Waals surface area contributed by atoms with Crippen molar-refractivity contribution < 1.29 is 19.5 Å². The largest absolute Gasteiger partial charge is 0.481 e. The first-order chi connectivity index (χ1) is 10.6. The molecule has 0 radical (unpaired) electrons. The number of amides is 2. The molecule has 2 aromatic rings. The molecular weight excluding hydrogens is 282 g/mol. The van der Waals surface area contributed by atoms with Crippen molar-refractivity contribution in [2.75, 3.05) is 6.54 Å². The van der Waals surface area contributed by atoms with Crippen LogP contribution in [0.2, 0.25) is 0 Å². The Balaban J connectivity index is 1.91. The summed E-state index contributed by atoms with van der Waals surface area (Å²) in [6, 6.07) is 15.1. The van der Waals surface area contributed by atoms with E-state index >= 15 is 0 Å². The van der Waals surface area contributed by atoms with E-state index in [2.05, 4.69) is 0 Å². The summed E-state index contributed by atoms with van der Waals surface area (Å²) in [5, 5.41) is 9.43. The number of rotatable bonds is 4. The fourth-order valence-corrected chi connectivity index (χ4v) is 2.60. The van der Waals surface area contributed by atoms with Gasteiger partial charge in [-0.3, -0.25) is 19.3 Å². The molecule has 1 aliphatic rings. The van der Waals surface area contributed by atoms with Gasteiger partial charge in [0, 0.05) is 6.54 Å². The van der Waals surface area contributed by atoms with E-state index < -0.39 is 23.7 Å². The van der Waals surface area contributed by atoms with Crippen LogP contribution in [-0.2, 0) is 4.79 Å². The third kappa shape index (κ3) is 2.26. The van der Waals surface area contributed by atoms with Gasteiger partial charge in [0.15, 0.2) is 0 Å². The summed E-state index contributed by atoms with van der Waals surface area (Å²) in [6.07, 6.45) is 0. The second kappa shape index (κ2) is 5.44. The van der Waals surface area contributed by atoms with Gasteiger partial charge >= 0.3 is 5.97 Å². The van der Waals surface area contributed by atoms with E-state index in [1.54, 1.807) is 54.6 Å². The normalized spacial score (nSPS) is 14.8. The molecule has 2 aromatic carbocycles. The lowest BCUT2D eigenvalue weighted by Gasteiger charge is -2.19. The Hall–Kier alpha value is -2.95. The minimum Gasteiger partial charge on any atom is -0.481 e. The number of benzene rings is 2. The van der Waals surface area contributed by atoms with Crippen LogP contribution in [0.15, 0.2) is 54.6 Å².